The third kappa shape index (κ3) is 3.59. The Labute approximate surface area is 96.6 Å². The van der Waals surface area contributed by atoms with Crippen molar-refractivity contribution in [3.63, 3.8) is 0 Å². The first-order chi connectivity index (χ1) is 7.47. The van der Waals surface area contributed by atoms with Crippen LogP contribution < -0.4 is 5.32 Å². The molecule has 1 aromatic heterocycles. The van der Waals surface area contributed by atoms with Gasteiger partial charge in [0.25, 0.3) is 0 Å². The van der Waals surface area contributed by atoms with Crippen LogP contribution >= 0.6 is 11.8 Å². The number of nitrogens with zero attached hydrogens (tertiary/aromatic N) is 1. The lowest BCUT2D eigenvalue weighted by atomic mass is 10.2. The summed E-state index contributed by atoms with van der Waals surface area (Å²) < 4.78 is 37.7. The Balaban J connectivity index is 3.08. The quantitative estimate of drug-likeness (QED) is 0.826. The van der Waals surface area contributed by atoms with E-state index < -0.39 is 11.7 Å². The van der Waals surface area contributed by atoms with Crippen molar-refractivity contribution in [1.82, 2.24) is 4.98 Å². The molecule has 1 heterocycles. The molecule has 0 aliphatic heterocycles. The molecule has 0 amide bonds. The molecule has 1 aromatic rings. The molecule has 0 aliphatic carbocycles. The number of hydrogen-bond acceptors (Lipinski definition) is 3. The third-order valence-corrected chi connectivity index (χ3v) is 2.57. The molecular weight excluding hydrogens is 237 g/mol. The van der Waals surface area contributed by atoms with Gasteiger partial charge < -0.3 is 5.32 Å². The maximum Gasteiger partial charge on any atom is 0.416 e. The van der Waals surface area contributed by atoms with E-state index in [1.807, 2.05) is 13.8 Å². The molecular formula is C10H13F3N2S. The highest BCUT2D eigenvalue weighted by Gasteiger charge is 2.31. The lowest BCUT2D eigenvalue weighted by molar-refractivity contribution is -0.137. The molecule has 0 aliphatic rings. The number of halogens is 3. The van der Waals surface area contributed by atoms with Crippen LogP contribution in [0, 0.1) is 0 Å². The highest BCUT2D eigenvalue weighted by atomic mass is 32.2. The van der Waals surface area contributed by atoms with Crippen molar-refractivity contribution in [2.75, 3.05) is 17.6 Å². The number of thioether (sulfide) groups is 1. The first-order valence-electron chi connectivity index (χ1n) is 4.93. The Morgan fingerprint density at radius 2 is 2.00 bits per heavy atom. The number of hydrogen-bond donors (Lipinski definition) is 1. The highest BCUT2D eigenvalue weighted by Crippen LogP contribution is 2.32. The van der Waals surface area contributed by atoms with Gasteiger partial charge in [0.15, 0.2) is 0 Å². The SMILES string of the molecule is CCNc1cc(C(F)(F)F)cc(SCC)n1. The van der Waals surface area contributed by atoms with E-state index in [2.05, 4.69) is 10.3 Å². The van der Waals surface area contributed by atoms with Crippen LogP contribution in [-0.2, 0) is 6.18 Å². The fraction of sp³-hybridized carbons (Fsp3) is 0.500. The van der Waals surface area contributed by atoms with Crippen LogP contribution in [0.2, 0.25) is 0 Å². The molecule has 16 heavy (non-hydrogen) atoms. The molecule has 0 bridgehead atoms. The van der Waals surface area contributed by atoms with Crippen LogP contribution in [0.5, 0.6) is 0 Å². The molecule has 6 heteroatoms. The van der Waals surface area contributed by atoms with Crippen molar-refractivity contribution in [1.29, 1.82) is 0 Å². The smallest absolute Gasteiger partial charge is 0.370 e. The van der Waals surface area contributed by atoms with Crippen LogP contribution in [0.25, 0.3) is 0 Å². The monoisotopic (exact) mass is 250 g/mol. The first kappa shape index (κ1) is 13.2. The number of nitrogens with one attached hydrogen (secondary N) is 1. The lowest BCUT2D eigenvalue weighted by Gasteiger charge is -2.11. The van der Waals surface area contributed by atoms with Crippen molar-refractivity contribution in [3.8, 4) is 0 Å². The standard InChI is InChI=1S/C10H13F3N2S/c1-3-14-8-5-7(10(11,12)13)6-9(15-8)16-4-2/h5-6H,3-4H2,1-2H3,(H,14,15). The molecule has 0 aromatic carbocycles. The molecule has 0 fully saturated rings. The predicted molar refractivity (Wildman–Crippen MR) is 59.8 cm³/mol. The van der Waals surface area contributed by atoms with E-state index in [1.165, 1.54) is 11.8 Å². The maximum atomic E-state index is 12.6. The van der Waals surface area contributed by atoms with Gasteiger partial charge in [0.05, 0.1) is 10.6 Å². The van der Waals surface area contributed by atoms with Gasteiger partial charge in [-0.2, -0.15) is 13.2 Å². The molecule has 0 saturated heterocycles. The number of anilines is 1. The summed E-state index contributed by atoms with van der Waals surface area (Å²) >= 11 is 1.29. The summed E-state index contributed by atoms with van der Waals surface area (Å²) in [5.74, 6) is 0.966. The van der Waals surface area contributed by atoms with Gasteiger partial charge in [-0.25, -0.2) is 4.98 Å². The van der Waals surface area contributed by atoms with Gasteiger partial charge in [0.2, 0.25) is 0 Å². The number of rotatable bonds is 4. The fourth-order valence-electron chi connectivity index (χ4n) is 1.16. The molecule has 1 rings (SSSR count). The largest absolute Gasteiger partial charge is 0.416 e. The Morgan fingerprint density at radius 1 is 1.31 bits per heavy atom. The summed E-state index contributed by atoms with van der Waals surface area (Å²) in [5.41, 5.74) is -0.658. The van der Waals surface area contributed by atoms with Gasteiger partial charge >= 0.3 is 6.18 Å². The third-order valence-electron chi connectivity index (χ3n) is 1.78. The topological polar surface area (TPSA) is 24.9 Å². The zero-order chi connectivity index (χ0) is 12.2. The Kier molecular flexibility index (Phi) is 4.46. The van der Waals surface area contributed by atoms with E-state index >= 15 is 0 Å². The van der Waals surface area contributed by atoms with E-state index in [9.17, 15) is 13.2 Å². The van der Waals surface area contributed by atoms with Crippen LogP contribution in [0.1, 0.15) is 19.4 Å². The second-order valence-corrected chi connectivity index (χ2v) is 4.32. The van der Waals surface area contributed by atoms with Crippen LogP contribution in [0.3, 0.4) is 0 Å². The Hall–Kier alpha value is -0.910. The van der Waals surface area contributed by atoms with Gasteiger partial charge in [-0.15, -0.1) is 11.8 Å². The van der Waals surface area contributed by atoms with E-state index in [0.29, 0.717) is 17.3 Å². The minimum absolute atomic E-state index is 0.272. The van der Waals surface area contributed by atoms with Gasteiger partial charge in [-0.1, -0.05) is 6.92 Å². The summed E-state index contributed by atoms with van der Waals surface area (Å²) in [7, 11) is 0. The van der Waals surface area contributed by atoms with Crippen LogP contribution in [-0.4, -0.2) is 17.3 Å². The van der Waals surface area contributed by atoms with Crippen molar-refractivity contribution in [2.24, 2.45) is 0 Å². The first-order valence-corrected chi connectivity index (χ1v) is 5.92. The minimum atomic E-state index is -4.32. The van der Waals surface area contributed by atoms with Gasteiger partial charge in [-0.05, 0) is 24.8 Å². The lowest BCUT2D eigenvalue weighted by Crippen LogP contribution is -2.08. The maximum absolute atomic E-state index is 12.6. The minimum Gasteiger partial charge on any atom is -0.370 e. The average molecular weight is 250 g/mol. The van der Waals surface area contributed by atoms with E-state index in [4.69, 9.17) is 0 Å². The molecule has 0 spiro atoms. The van der Waals surface area contributed by atoms with Crippen molar-refractivity contribution < 1.29 is 13.2 Å². The van der Waals surface area contributed by atoms with Crippen molar-refractivity contribution >= 4 is 17.6 Å². The van der Waals surface area contributed by atoms with Crippen molar-refractivity contribution in [2.45, 2.75) is 25.0 Å². The Bertz CT molecular complexity index is 328. The predicted octanol–water partition coefficient (Wildman–Crippen LogP) is 3.64. The Morgan fingerprint density at radius 3 is 2.50 bits per heavy atom. The van der Waals surface area contributed by atoms with Gasteiger partial charge in [-0.3, -0.25) is 0 Å². The number of aromatic nitrogens is 1. The molecule has 0 saturated carbocycles. The van der Waals surface area contributed by atoms with E-state index in [-0.39, 0.29) is 5.82 Å². The van der Waals surface area contributed by atoms with E-state index in [1.54, 1.807) is 0 Å². The molecule has 1 N–H and O–H groups in total. The summed E-state index contributed by atoms with van der Waals surface area (Å²) in [5, 5.41) is 3.19. The van der Waals surface area contributed by atoms with Gasteiger partial charge in [0, 0.05) is 6.54 Å². The van der Waals surface area contributed by atoms with Crippen LogP contribution in [0.15, 0.2) is 17.2 Å². The molecule has 2 nitrogen and oxygen atoms in total. The summed E-state index contributed by atoms with van der Waals surface area (Å²) in [6, 6.07) is 2.11. The molecule has 0 unspecified atom stereocenters. The molecule has 90 valence electrons. The van der Waals surface area contributed by atoms with Gasteiger partial charge in [0.1, 0.15) is 5.82 Å². The second-order valence-electron chi connectivity index (χ2n) is 3.04. The normalized spacial score (nSPS) is 11.6. The van der Waals surface area contributed by atoms with Crippen LogP contribution in [0.4, 0.5) is 19.0 Å². The van der Waals surface area contributed by atoms with Crippen molar-refractivity contribution in [3.05, 3.63) is 17.7 Å². The summed E-state index contributed by atoms with van der Waals surface area (Å²) in [4.78, 5) is 4.08. The highest BCUT2D eigenvalue weighted by molar-refractivity contribution is 7.99. The zero-order valence-corrected chi connectivity index (χ0v) is 9.87. The molecule has 0 radical (unpaired) electrons. The molecule has 0 atom stereocenters. The number of alkyl halides is 3. The summed E-state index contributed by atoms with van der Waals surface area (Å²) in [6.45, 7) is 4.23. The summed E-state index contributed by atoms with van der Waals surface area (Å²) in [6.07, 6.45) is -4.32. The zero-order valence-electron chi connectivity index (χ0n) is 9.06. The number of pyridine rings is 1. The van der Waals surface area contributed by atoms with E-state index in [0.717, 1.165) is 12.1 Å². The fourth-order valence-corrected chi connectivity index (χ4v) is 1.83. The second kappa shape index (κ2) is 5.43. The average Bonchev–Trinajstić information content (AvgIpc) is 2.17.